The molecule has 0 atom stereocenters. The van der Waals surface area contributed by atoms with Gasteiger partial charge in [-0.3, -0.25) is 0 Å². The van der Waals surface area contributed by atoms with Crippen LogP contribution in [0.25, 0.3) is 0 Å². The quantitative estimate of drug-likeness (QED) is 0.602. The van der Waals surface area contributed by atoms with Crippen LogP contribution in [0.2, 0.25) is 0 Å². The molecule has 7 heteroatoms. The van der Waals surface area contributed by atoms with Gasteiger partial charge in [0.25, 0.3) is 0 Å². The van der Waals surface area contributed by atoms with Gasteiger partial charge in [-0.25, -0.2) is 17.5 Å². The summed E-state index contributed by atoms with van der Waals surface area (Å²) in [6.07, 6.45) is 0.0207. The summed E-state index contributed by atoms with van der Waals surface area (Å²) in [4.78, 5) is -0.150. The van der Waals surface area contributed by atoms with Gasteiger partial charge >= 0.3 is 0 Å². The van der Waals surface area contributed by atoms with Crippen LogP contribution in [-0.2, 0) is 14.8 Å². The Morgan fingerprint density at radius 1 is 1.43 bits per heavy atom. The molecular weight excluding hydrogens is 295 g/mol. The Labute approximate surface area is 124 Å². The first-order valence-corrected chi connectivity index (χ1v) is 7.95. The Hall–Kier alpha value is -1.46. The van der Waals surface area contributed by atoms with Crippen LogP contribution in [0.3, 0.4) is 0 Å². The van der Waals surface area contributed by atoms with E-state index in [4.69, 9.17) is 10.5 Å². The molecule has 3 N–H and O–H groups in total. The fourth-order valence-corrected chi connectivity index (χ4v) is 2.49. The standard InChI is InChI=1S/C14H19FN2O3S/c1-11(2)20-9-8-17-21(18,19)13-6-5-12(4-3-7-16)14(15)10-13/h5-6,10-11,17H,7-9,16H2,1-2H3. The predicted molar refractivity (Wildman–Crippen MR) is 78.6 cm³/mol. The van der Waals surface area contributed by atoms with Crippen molar-refractivity contribution in [3.05, 3.63) is 29.6 Å². The highest BCUT2D eigenvalue weighted by Gasteiger charge is 2.15. The summed E-state index contributed by atoms with van der Waals surface area (Å²) in [7, 11) is -3.76. The number of ether oxygens (including phenoxy) is 1. The molecule has 0 unspecified atom stereocenters. The van der Waals surface area contributed by atoms with Gasteiger partial charge in [0.05, 0.1) is 29.7 Å². The molecule has 0 heterocycles. The second-order valence-corrected chi connectivity index (χ2v) is 6.23. The summed E-state index contributed by atoms with van der Waals surface area (Å²) in [5.41, 5.74) is 5.31. The van der Waals surface area contributed by atoms with Gasteiger partial charge in [-0.2, -0.15) is 0 Å². The number of halogens is 1. The van der Waals surface area contributed by atoms with E-state index >= 15 is 0 Å². The maximum Gasteiger partial charge on any atom is 0.240 e. The zero-order chi connectivity index (χ0) is 15.9. The lowest BCUT2D eigenvalue weighted by Gasteiger charge is -2.09. The largest absolute Gasteiger partial charge is 0.377 e. The van der Waals surface area contributed by atoms with Gasteiger partial charge in [0, 0.05) is 6.54 Å². The van der Waals surface area contributed by atoms with E-state index in [0.29, 0.717) is 0 Å². The number of sulfonamides is 1. The first kappa shape index (κ1) is 17.6. The number of rotatable bonds is 6. The molecule has 0 bridgehead atoms. The van der Waals surface area contributed by atoms with Crippen molar-refractivity contribution in [2.24, 2.45) is 5.73 Å². The molecule has 0 saturated heterocycles. The van der Waals surface area contributed by atoms with E-state index in [0.717, 1.165) is 6.07 Å². The van der Waals surface area contributed by atoms with Crippen LogP contribution >= 0.6 is 0 Å². The van der Waals surface area contributed by atoms with Gasteiger partial charge in [-0.15, -0.1) is 0 Å². The molecule has 0 aromatic heterocycles. The first-order chi connectivity index (χ1) is 9.86. The van der Waals surface area contributed by atoms with Crippen LogP contribution in [0.15, 0.2) is 23.1 Å². The zero-order valence-electron chi connectivity index (χ0n) is 12.0. The van der Waals surface area contributed by atoms with Crippen LogP contribution in [-0.4, -0.2) is 34.2 Å². The second kappa shape index (κ2) is 8.10. The number of hydrogen-bond donors (Lipinski definition) is 2. The predicted octanol–water partition coefficient (Wildman–Crippen LogP) is 0.839. The van der Waals surface area contributed by atoms with Crippen LogP contribution < -0.4 is 10.5 Å². The fourth-order valence-electron chi connectivity index (χ4n) is 1.46. The fraction of sp³-hybridized carbons (Fsp3) is 0.429. The molecule has 0 radical (unpaired) electrons. The molecule has 0 fully saturated rings. The van der Waals surface area contributed by atoms with Gasteiger partial charge in [0.2, 0.25) is 10.0 Å². The third-order valence-electron chi connectivity index (χ3n) is 2.42. The summed E-state index contributed by atoms with van der Waals surface area (Å²) in [5, 5.41) is 0. The number of benzene rings is 1. The average Bonchev–Trinajstić information content (AvgIpc) is 2.42. The van der Waals surface area contributed by atoms with Gasteiger partial charge in [-0.05, 0) is 32.0 Å². The topological polar surface area (TPSA) is 81.4 Å². The normalized spacial score (nSPS) is 11.3. The summed E-state index contributed by atoms with van der Waals surface area (Å²) in [5.74, 6) is 4.35. The summed E-state index contributed by atoms with van der Waals surface area (Å²) >= 11 is 0. The van der Waals surface area contributed by atoms with Gasteiger partial charge in [-0.1, -0.05) is 11.8 Å². The SMILES string of the molecule is CC(C)OCCNS(=O)(=O)c1ccc(C#CCN)c(F)c1. The molecule has 0 aliphatic heterocycles. The van der Waals surface area contributed by atoms with Crippen LogP contribution in [0.4, 0.5) is 4.39 Å². The Balaban J connectivity index is 2.77. The van der Waals surface area contributed by atoms with E-state index in [1.54, 1.807) is 0 Å². The lowest BCUT2D eigenvalue weighted by molar-refractivity contribution is 0.0834. The van der Waals surface area contributed by atoms with E-state index in [9.17, 15) is 12.8 Å². The maximum atomic E-state index is 13.7. The second-order valence-electron chi connectivity index (χ2n) is 4.46. The van der Waals surface area contributed by atoms with Gasteiger partial charge < -0.3 is 10.5 Å². The van der Waals surface area contributed by atoms with E-state index < -0.39 is 15.8 Å². The minimum Gasteiger partial charge on any atom is -0.377 e. The highest BCUT2D eigenvalue weighted by molar-refractivity contribution is 7.89. The van der Waals surface area contributed by atoms with E-state index in [-0.39, 0.29) is 36.3 Å². The van der Waals surface area contributed by atoms with E-state index in [1.807, 2.05) is 13.8 Å². The number of nitrogens with one attached hydrogen (secondary N) is 1. The third-order valence-corrected chi connectivity index (χ3v) is 3.88. The summed E-state index contributed by atoms with van der Waals surface area (Å²) in [6.45, 7) is 4.18. The van der Waals surface area contributed by atoms with Crippen LogP contribution in [0, 0.1) is 17.7 Å². The van der Waals surface area contributed by atoms with Crippen LogP contribution in [0.1, 0.15) is 19.4 Å². The average molecular weight is 314 g/mol. The van der Waals surface area contributed by atoms with Crippen molar-refractivity contribution in [2.75, 3.05) is 19.7 Å². The molecule has 0 amide bonds. The van der Waals surface area contributed by atoms with Crippen LogP contribution in [0.5, 0.6) is 0 Å². The Morgan fingerprint density at radius 2 is 2.14 bits per heavy atom. The zero-order valence-corrected chi connectivity index (χ0v) is 12.8. The lowest BCUT2D eigenvalue weighted by atomic mass is 10.2. The highest BCUT2D eigenvalue weighted by Crippen LogP contribution is 2.14. The van der Waals surface area contributed by atoms with E-state index in [1.165, 1.54) is 12.1 Å². The van der Waals surface area contributed by atoms with Crippen molar-refractivity contribution in [3.8, 4) is 11.8 Å². The Kier molecular flexibility index (Phi) is 6.78. The van der Waals surface area contributed by atoms with Crippen molar-refractivity contribution in [1.29, 1.82) is 0 Å². The molecule has 1 rings (SSSR count). The molecule has 5 nitrogen and oxygen atoms in total. The number of hydrogen-bond acceptors (Lipinski definition) is 4. The molecule has 0 spiro atoms. The molecule has 0 saturated carbocycles. The van der Waals surface area contributed by atoms with Gasteiger partial charge in [0.15, 0.2) is 0 Å². The van der Waals surface area contributed by atoms with Crippen molar-refractivity contribution in [2.45, 2.75) is 24.8 Å². The first-order valence-electron chi connectivity index (χ1n) is 6.46. The van der Waals surface area contributed by atoms with Crippen molar-refractivity contribution >= 4 is 10.0 Å². The monoisotopic (exact) mass is 314 g/mol. The minimum atomic E-state index is -3.76. The lowest BCUT2D eigenvalue weighted by Crippen LogP contribution is -2.28. The van der Waals surface area contributed by atoms with E-state index in [2.05, 4.69) is 16.6 Å². The molecule has 21 heavy (non-hydrogen) atoms. The minimum absolute atomic E-state index is 0.0207. The maximum absolute atomic E-state index is 13.7. The van der Waals surface area contributed by atoms with Crippen molar-refractivity contribution in [3.63, 3.8) is 0 Å². The Morgan fingerprint density at radius 3 is 2.71 bits per heavy atom. The molecule has 1 aromatic rings. The number of nitrogens with two attached hydrogens (primary N) is 1. The smallest absolute Gasteiger partial charge is 0.240 e. The molecule has 0 aliphatic rings. The third kappa shape index (κ3) is 5.81. The van der Waals surface area contributed by atoms with Crippen molar-refractivity contribution < 1.29 is 17.5 Å². The molecule has 0 aliphatic carbocycles. The van der Waals surface area contributed by atoms with Gasteiger partial charge in [0.1, 0.15) is 5.82 Å². The molecule has 1 aromatic carbocycles. The highest BCUT2D eigenvalue weighted by atomic mass is 32.2. The van der Waals surface area contributed by atoms with Crippen molar-refractivity contribution in [1.82, 2.24) is 4.72 Å². The molecule has 116 valence electrons. The summed E-state index contributed by atoms with van der Waals surface area (Å²) in [6, 6.07) is 3.55. The Bertz CT molecular complexity index is 633. The summed E-state index contributed by atoms with van der Waals surface area (Å²) < 4.78 is 45.2. The molecular formula is C14H19FN2O3S.